The summed E-state index contributed by atoms with van der Waals surface area (Å²) in [6.45, 7) is 8.43. The predicted octanol–water partition coefficient (Wildman–Crippen LogP) is 1.69. The summed E-state index contributed by atoms with van der Waals surface area (Å²) in [4.78, 5) is 12.4. The first-order valence-corrected chi connectivity index (χ1v) is 8.60. The number of hydrogen-bond donors (Lipinski definition) is 0. The van der Waals surface area contributed by atoms with Crippen molar-refractivity contribution in [1.82, 2.24) is 0 Å². The molecule has 1 saturated heterocycles. The summed E-state index contributed by atoms with van der Waals surface area (Å²) in [6, 6.07) is 1.67. The molecular formula is C18H25BO7. The van der Waals surface area contributed by atoms with Crippen LogP contribution in [0.4, 0.5) is 0 Å². The van der Waals surface area contributed by atoms with Crippen molar-refractivity contribution in [3.8, 4) is 11.5 Å². The van der Waals surface area contributed by atoms with Gasteiger partial charge in [0.1, 0.15) is 17.1 Å². The Labute approximate surface area is 154 Å². The summed E-state index contributed by atoms with van der Waals surface area (Å²) in [6.07, 6.45) is 0.617. The maximum absolute atomic E-state index is 12.4. The highest BCUT2D eigenvalue weighted by atomic mass is 16.7. The van der Waals surface area contributed by atoms with E-state index in [1.54, 1.807) is 6.07 Å². The van der Waals surface area contributed by atoms with Crippen molar-refractivity contribution >= 4 is 18.6 Å². The topological polar surface area (TPSA) is 72.5 Å². The molecule has 0 aromatic heterocycles. The van der Waals surface area contributed by atoms with Crippen LogP contribution in [0.25, 0.3) is 0 Å². The Morgan fingerprint density at radius 1 is 1.19 bits per heavy atom. The average Bonchev–Trinajstić information content (AvgIpc) is 3.14. The van der Waals surface area contributed by atoms with Crippen molar-refractivity contribution < 1.29 is 33.1 Å². The largest absolute Gasteiger partial charge is 0.498 e. The van der Waals surface area contributed by atoms with E-state index >= 15 is 0 Å². The predicted molar refractivity (Wildman–Crippen MR) is 95.2 cm³/mol. The third-order valence-corrected chi connectivity index (χ3v) is 5.19. The molecule has 0 radical (unpaired) electrons. The molecular weight excluding hydrogens is 339 g/mol. The Bertz CT molecular complexity index is 698. The summed E-state index contributed by atoms with van der Waals surface area (Å²) in [7, 11) is 2.21. The lowest BCUT2D eigenvalue weighted by atomic mass is 9.76. The maximum Gasteiger partial charge on any atom is 0.498 e. The minimum absolute atomic E-state index is 0.0201. The zero-order chi connectivity index (χ0) is 19.1. The molecule has 7 nitrogen and oxygen atoms in total. The highest BCUT2D eigenvalue weighted by Crippen LogP contribution is 2.41. The summed E-state index contributed by atoms with van der Waals surface area (Å²) < 4.78 is 33.7. The summed E-state index contributed by atoms with van der Waals surface area (Å²) in [5, 5.41) is 0. The molecule has 3 rings (SSSR count). The van der Waals surface area contributed by atoms with E-state index in [2.05, 4.69) is 0 Å². The molecule has 1 aromatic rings. The van der Waals surface area contributed by atoms with E-state index in [-0.39, 0.29) is 6.79 Å². The van der Waals surface area contributed by atoms with Crippen LogP contribution >= 0.6 is 0 Å². The lowest BCUT2D eigenvalue weighted by molar-refractivity contribution is 0.00578. The lowest BCUT2D eigenvalue weighted by Crippen LogP contribution is -2.41. The van der Waals surface area contributed by atoms with Gasteiger partial charge in [0.05, 0.1) is 24.9 Å². The van der Waals surface area contributed by atoms with Gasteiger partial charge in [-0.05, 0) is 33.8 Å². The molecule has 8 heteroatoms. The van der Waals surface area contributed by atoms with Gasteiger partial charge in [-0.25, -0.2) is 4.79 Å². The summed E-state index contributed by atoms with van der Waals surface area (Å²) in [5.41, 5.74) is 0.772. The molecule has 2 aliphatic heterocycles. The van der Waals surface area contributed by atoms with Gasteiger partial charge in [-0.1, -0.05) is 0 Å². The van der Waals surface area contributed by atoms with Crippen LogP contribution in [0.1, 0.15) is 43.6 Å². The molecule has 0 saturated carbocycles. The van der Waals surface area contributed by atoms with Gasteiger partial charge in [0.25, 0.3) is 0 Å². The van der Waals surface area contributed by atoms with E-state index in [4.69, 9.17) is 28.3 Å². The monoisotopic (exact) mass is 364 g/mol. The van der Waals surface area contributed by atoms with Gasteiger partial charge in [-0.15, -0.1) is 0 Å². The fraction of sp³-hybridized carbons (Fsp3) is 0.611. The molecule has 0 atom stereocenters. The number of carbonyl (C=O) groups is 1. The van der Waals surface area contributed by atoms with E-state index in [9.17, 15) is 4.79 Å². The van der Waals surface area contributed by atoms with E-state index < -0.39 is 24.3 Å². The van der Waals surface area contributed by atoms with Gasteiger partial charge < -0.3 is 28.3 Å². The van der Waals surface area contributed by atoms with E-state index in [0.29, 0.717) is 35.6 Å². The minimum atomic E-state index is -0.647. The molecule has 0 N–H and O–H groups in total. The van der Waals surface area contributed by atoms with Crippen molar-refractivity contribution in [2.75, 3.05) is 27.6 Å². The second-order valence-electron chi connectivity index (χ2n) is 7.38. The molecule has 0 spiro atoms. The Kier molecular flexibility index (Phi) is 4.94. The molecule has 0 unspecified atom stereocenters. The number of hydrogen-bond acceptors (Lipinski definition) is 7. The molecule has 2 aliphatic rings. The third kappa shape index (κ3) is 3.06. The van der Waals surface area contributed by atoms with Crippen molar-refractivity contribution in [2.45, 2.75) is 45.3 Å². The van der Waals surface area contributed by atoms with Crippen LogP contribution in [-0.2, 0) is 25.2 Å². The minimum Gasteiger partial charge on any atom is -0.493 e. The smallest absolute Gasteiger partial charge is 0.493 e. The second-order valence-corrected chi connectivity index (χ2v) is 7.38. The normalized spacial score (nSPS) is 19.8. The first kappa shape index (κ1) is 19.0. The quantitative estimate of drug-likeness (QED) is 0.447. The van der Waals surface area contributed by atoms with E-state index in [0.717, 1.165) is 5.56 Å². The molecule has 142 valence electrons. The number of esters is 1. The number of fused-ring (bicyclic) bond motifs is 1. The van der Waals surface area contributed by atoms with Crippen LogP contribution in [0, 0.1) is 0 Å². The van der Waals surface area contributed by atoms with Crippen molar-refractivity contribution in [3.63, 3.8) is 0 Å². The van der Waals surface area contributed by atoms with Gasteiger partial charge in [-0.3, -0.25) is 0 Å². The zero-order valence-electron chi connectivity index (χ0n) is 16.1. The van der Waals surface area contributed by atoms with Crippen LogP contribution in [-0.4, -0.2) is 51.9 Å². The molecule has 0 amide bonds. The molecule has 26 heavy (non-hydrogen) atoms. The highest BCUT2D eigenvalue weighted by molar-refractivity contribution is 6.63. The standard InChI is InChI=1S/C18H25BO7/c1-17(2)18(3,4)26-19(25-17)13-9-12(16(20)22-6)14(24-10-21-5)11-7-8-23-15(11)13/h9H,7-8,10H2,1-6H3. The zero-order valence-corrected chi connectivity index (χ0v) is 16.1. The van der Waals surface area contributed by atoms with Crippen molar-refractivity contribution in [2.24, 2.45) is 0 Å². The van der Waals surface area contributed by atoms with Crippen LogP contribution in [0.5, 0.6) is 11.5 Å². The summed E-state index contributed by atoms with van der Waals surface area (Å²) >= 11 is 0. The van der Waals surface area contributed by atoms with Crippen LogP contribution in [0.3, 0.4) is 0 Å². The van der Waals surface area contributed by atoms with E-state index in [1.807, 2.05) is 27.7 Å². The Hall–Kier alpha value is -1.77. The second kappa shape index (κ2) is 6.76. The summed E-state index contributed by atoms with van der Waals surface area (Å²) in [5.74, 6) is 0.567. The van der Waals surface area contributed by atoms with Gasteiger partial charge >= 0.3 is 13.1 Å². The number of rotatable bonds is 5. The first-order valence-electron chi connectivity index (χ1n) is 8.60. The van der Waals surface area contributed by atoms with Crippen LogP contribution in [0.2, 0.25) is 0 Å². The maximum atomic E-state index is 12.4. The van der Waals surface area contributed by atoms with Crippen molar-refractivity contribution in [3.05, 3.63) is 17.2 Å². The molecule has 1 fully saturated rings. The Morgan fingerprint density at radius 2 is 1.85 bits per heavy atom. The Morgan fingerprint density at radius 3 is 2.42 bits per heavy atom. The van der Waals surface area contributed by atoms with Gasteiger partial charge in [0.2, 0.25) is 0 Å². The van der Waals surface area contributed by atoms with Gasteiger partial charge in [-0.2, -0.15) is 0 Å². The van der Waals surface area contributed by atoms with Gasteiger partial charge in [0, 0.05) is 24.6 Å². The fourth-order valence-corrected chi connectivity index (χ4v) is 3.07. The lowest BCUT2D eigenvalue weighted by Gasteiger charge is -2.32. The Balaban J connectivity index is 2.10. The number of methoxy groups -OCH3 is 2. The highest BCUT2D eigenvalue weighted by Gasteiger charge is 2.53. The molecule has 2 heterocycles. The van der Waals surface area contributed by atoms with Crippen LogP contribution < -0.4 is 14.9 Å². The SMILES string of the molecule is COCOc1c(C(=O)OC)cc(B2OC(C)(C)C(C)(C)O2)c2c1CCO2. The molecule has 1 aromatic carbocycles. The average molecular weight is 364 g/mol. The van der Waals surface area contributed by atoms with Crippen LogP contribution in [0.15, 0.2) is 6.07 Å². The first-order chi connectivity index (χ1) is 12.2. The molecule has 0 bridgehead atoms. The number of ether oxygens (including phenoxy) is 4. The van der Waals surface area contributed by atoms with E-state index in [1.165, 1.54) is 14.2 Å². The number of carbonyl (C=O) groups excluding carboxylic acids is 1. The molecule has 0 aliphatic carbocycles. The third-order valence-electron chi connectivity index (χ3n) is 5.19. The van der Waals surface area contributed by atoms with Gasteiger partial charge in [0.15, 0.2) is 6.79 Å². The fourth-order valence-electron chi connectivity index (χ4n) is 3.07. The number of benzene rings is 1. The van der Waals surface area contributed by atoms with Crippen molar-refractivity contribution in [1.29, 1.82) is 0 Å².